The molecule has 0 saturated heterocycles. The van der Waals surface area contributed by atoms with Crippen molar-refractivity contribution in [2.45, 2.75) is 94.4 Å². The van der Waals surface area contributed by atoms with Crippen LogP contribution in [-0.4, -0.2) is 30.0 Å². The first-order chi connectivity index (χ1) is 16.7. The summed E-state index contributed by atoms with van der Waals surface area (Å²) >= 11 is 0. The van der Waals surface area contributed by atoms with Crippen molar-refractivity contribution in [2.75, 3.05) is 13.6 Å². The van der Waals surface area contributed by atoms with Crippen molar-refractivity contribution >= 4 is 11.5 Å². The van der Waals surface area contributed by atoms with Gasteiger partial charge in [0.1, 0.15) is 5.78 Å². The average molecular weight is 482 g/mol. The van der Waals surface area contributed by atoms with Gasteiger partial charge in [-0.25, -0.2) is 0 Å². The van der Waals surface area contributed by atoms with Gasteiger partial charge in [-0.2, -0.15) is 5.10 Å². The van der Waals surface area contributed by atoms with E-state index >= 15 is 0 Å². The summed E-state index contributed by atoms with van der Waals surface area (Å²) in [7, 11) is 1.84. The Morgan fingerprint density at radius 3 is 2.14 bits per heavy atom. The molecule has 1 unspecified atom stereocenters. The van der Waals surface area contributed by atoms with E-state index in [1.165, 1.54) is 11.1 Å². The Bertz CT molecular complexity index is 878. The van der Waals surface area contributed by atoms with Gasteiger partial charge in [-0.05, 0) is 58.4 Å². The van der Waals surface area contributed by atoms with Gasteiger partial charge < -0.3 is 10.3 Å². The van der Waals surface area contributed by atoms with Gasteiger partial charge >= 0.3 is 0 Å². The highest BCUT2D eigenvalue weighted by Gasteiger charge is 2.22. The highest BCUT2D eigenvalue weighted by Crippen LogP contribution is 2.30. The van der Waals surface area contributed by atoms with Crippen LogP contribution in [-0.2, 0) is 4.79 Å². The Kier molecular flexibility index (Phi) is 16.4. The number of carbonyl (C=O) groups is 1. The number of nitrogens with one attached hydrogen (secondary N) is 1. The fourth-order valence-electron chi connectivity index (χ4n) is 4.08. The van der Waals surface area contributed by atoms with Crippen molar-refractivity contribution in [3.05, 3.63) is 70.6 Å². The maximum atomic E-state index is 12.1. The topological polar surface area (TPSA) is 44.7 Å². The summed E-state index contributed by atoms with van der Waals surface area (Å²) < 4.78 is 0. The monoisotopic (exact) mass is 481 g/mol. The quantitative estimate of drug-likeness (QED) is 0.165. The van der Waals surface area contributed by atoms with Gasteiger partial charge in [-0.15, -0.1) is 0 Å². The van der Waals surface area contributed by atoms with E-state index in [2.05, 4.69) is 70.6 Å². The van der Waals surface area contributed by atoms with Gasteiger partial charge in [0.2, 0.25) is 0 Å². The van der Waals surface area contributed by atoms with Crippen LogP contribution < -0.4 is 5.43 Å². The summed E-state index contributed by atoms with van der Waals surface area (Å²) in [5, 5.41) is 4.74. The fourth-order valence-corrected chi connectivity index (χ4v) is 4.08. The third-order valence-electron chi connectivity index (χ3n) is 6.42. The largest absolute Gasteiger partial charge is 0.349 e. The number of rotatable bonds is 14. The molecule has 0 aliphatic rings. The number of hydrazone groups is 1. The number of hydrogen-bond acceptors (Lipinski definition) is 4. The van der Waals surface area contributed by atoms with Gasteiger partial charge in [0, 0.05) is 49.0 Å². The second-order valence-electron chi connectivity index (χ2n) is 8.91. The predicted octanol–water partition coefficient (Wildman–Crippen LogP) is 8.28. The van der Waals surface area contributed by atoms with Crippen molar-refractivity contribution < 1.29 is 4.79 Å². The van der Waals surface area contributed by atoms with Crippen molar-refractivity contribution in [1.82, 2.24) is 10.3 Å². The van der Waals surface area contributed by atoms with Crippen molar-refractivity contribution in [1.29, 1.82) is 0 Å². The van der Waals surface area contributed by atoms with E-state index in [1.54, 1.807) is 0 Å². The molecule has 4 heteroatoms. The first kappa shape index (κ1) is 32.4. The standard InChI is InChI=1S/C29H45N3O.C2H6/c1-10-16-27(33)19-15-20-32(21(3)4)25(8)28(24(7)23(6)22(5)11-2)29(31-30-9)26-17-13-12-14-18-26;1-2/h12-14,17-18,22,30H,3,10-11,15-16,19-20H2,1-2,4-9H3;1-2H3/b24-23-,28-25-,31-29-;. The number of Topliss-reactive ketones (excluding diaryl/α,β-unsaturated/α-hetero) is 1. The van der Waals surface area contributed by atoms with Crippen LogP contribution in [0.2, 0.25) is 0 Å². The van der Waals surface area contributed by atoms with E-state index in [0.29, 0.717) is 24.5 Å². The minimum absolute atomic E-state index is 0.339. The molecule has 0 aliphatic heterocycles. The minimum atomic E-state index is 0.339. The number of ketones is 1. The van der Waals surface area contributed by atoms with Gasteiger partial charge in [0.15, 0.2) is 0 Å². The average Bonchev–Trinajstić information content (AvgIpc) is 2.86. The number of hydrogen-bond donors (Lipinski definition) is 1. The molecular weight excluding hydrogens is 430 g/mol. The third-order valence-corrected chi connectivity index (χ3v) is 6.42. The molecule has 1 atom stereocenters. The summed E-state index contributed by atoms with van der Waals surface area (Å²) in [6.45, 7) is 24.2. The molecule has 1 aromatic carbocycles. The zero-order chi connectivity index (χ0) is 27.0. The van der Waals surface area contributed by atoms with Crippen LogP contribution in [0.4, 0.5) is 0 Å². The van der Waals surface area contributed by atoms with Crippen molar-refractivity contribution in [3.63, 3.8) is 0 Å². The molecule has 1 N–H and O–H groups in total. The summed E-state index contributed by atoms with van der Waals surface area (Å²) in [4.78, 5) is 14.3. The molecule has 1 rings (SSSR count). The van der Waals surface area contributed by atoms with E-state index < -0.39 is 0 Å². The molecule has 0 fully saturated rings. The van der Waals surface area contributed by atoms with Gasteiger partial charge in [-0.3, -0.25) is 4.79 Å². The van der Waals surface area contributed by atoms with Crippen LogP contribution in [0.15, 0.2) is 70.1 Å². The normalized spacial score (nSPS) is 13.6. The van der Waals surface area contributed by atoms with E-state index in [4.69, 9.17) is 5.10 Å². The first-order valence-corrected chi connectivity index (χ1v) is 13.3. The Morgan fingerprint density at radius 2 is 1.66 bits per heavy atom. The molecule has 196 valence electrons. The van der Waals surface area contributed by atoms with E-state index in [1.807, 2.05) is 46.0 Å². The van der Waals surface area contributed by atoms with Crippen molar-refractivity contribution in [2.24, 2.45) is 11.0 Å². The summed E-state index contributed by atoms with van der Waals surface area (Å²) in [5.74, 6) is 0.816. The Morgan fingerprint density at radius 1 is 1.06 bits per heavy atom. The van der Waals surface area contributed by atoms with E-state index in [9.17, 15) is 4.79 Å². The molecule has 0 radical (unpaired) electrons. The summed E-state index contributed by atoms with van der Waals surface area (Å²) in [5.41, 5.74) is 10.8. The Hall–Kier alpha value is -2.62. The number of nitrogens with zero attached hydrogens (tertiary/aromatic N) is 2. The smallest absolute Gasteiger partial charge is 0.132 e. The Labute approximate surface area is 216 Å². The SMILES string of the molecule is C=C(C)N(CCCC(=O)CCC)/C(C)=C(C(=N/NC)\c1ccccc1)/C(C)=C(/C)C(C)CC.CC. The lowest BCUT2D eigenvalue weighted by Gasteiger charge is -2.30. The molecule has 0 saturated carbocycles. The van der Waals surface area contributed by atoms with E-state index in [0.717, 1.165) is 54.0 Å². The third kappa shape index (κ3) is 10.3. The van der Waals surface area contributed by atoms with Crippen LogP contribution in [0.1, 0.15) is 100.0 Å². The first-order valence-electron chi connectivity index (χ1n) is 13.3. The molecule has 0 bridgehead atoms. The molecule has 0 spiro atoms. The molecule has 0 aliphatic carbocycles. The van der Waals surface area contributed by atoms with Crippen LogP contribution >= 0.6 is 0 Å². The van der Waals surface area contributed by atoms with Crippen LogP contribution in [0, 0.1) is 5.92 Å². The molecule has 4 nitrogen and oxygen atoms in total. The molecule has 0 amide bonds. The summed E-state index contributed by atoms with van der Waals surface area (Å²) in [6.07, 6.45) is 4.08. The molecular formula is C31H51N3O. The maximum absolute atomic E-state index is 12.1. The molecule has 35 heavy (non-hydrogen) atoms. The second kappa shape index (κ2) is 17.8. The lowest BCUT2D eigenvalue weighted by atomic mass is 9.87. The molecule has 0 heterocycles. The zero-order valence-electron chi connectivity index (χ0n) is 24.2. The van der Waals surface area contributed by atoms with Crippen LogP contribution in [0.3, 0.4) is 0 Å². The highest BCUT2D eigenvalue weighted by molar-refractivity contribution is 6.15. The number of carbonyl (C=O) groups excluding carboxylic acids is 1. The highest BCUT2D eigenvalue weighted by atomic mass is 16.1. The lowest BCUT2D eigenvalue weighted by molar-refractivity contribution is -0.119. The predicted molar refractivity (Wildman–Crippen MR) is 155 cm³/mol. The number of benzene rings is 1. The van der Waals surface area contributed by atoms with Gasteiger partial charge in [-0.1, -0.05) is 77.1 Å². The van der Waals surface area contributed by atoms with Gasteiger partial charge in [0.25, 0.3) is 0 Å². The van der Waals surface area contributed by atoms with Crippen LogP contribution in [0.25, 0.3) is 0 Å². The minimum Gasteiger partial charge on any atom is -0.349 e. The maximum Gasteiger partial charge on any atom is 0.132 e. The second-order valence-corrected chi connectivity index (χ2v) is 8.91. The van der Waals surface area contributed by atoms with Gasteiger partial charge in [0.05, 0.1) is 5.71 Å². The van der Waals surface area contributed by atoms with E-state index in [-0.39, 0.29) is 0 Å². The molecule has 0 aromatic heterocycles. The zero-order valence-corrected chi connectivity index (χ0v) is 24.2. The number of allylic oxidation sites excluding steroid dienone is 5. The van der Waals surface area contributed by atoms with Crippen LogP contribution in [0.5, 0.6) is 0 Å². The van der Waals surface area contributed by atoms with Crippen molar-refractivity contribution in [3.8, 4) is 0 Å². The molecule has 1 aromatic rings. The summed E-state index contributed by atoms with van der Waals surface area (Å²) in [6, 6.07) is 10.3. The fraction of sp³-hybridized carbons (Fsp3) is 0.548. The lowest BCUT2D eigenvalue weighted by Crippen LogP contribution is -2.26. The Balaban J connectivity index is 0.00000562.